The number of hydrogen-bond acceptors (Lipinski definition) is 2. The molecular formula is C15H22ClNO. The summed E-state index contributed by atoms with van der Waals surface area (Å²) in [6, 6.07) is 10.6. The van der Waals surface area contributed by atoms with E-state index < -0.39 is 0 Å². The molecule has 0 amide bonds. The second-order valence-electron chi connectivity index (χ2n) is 5.62. The van der Waals surface area contributed by atoms with Gasteiger partial charge in [0.05, 0.1) is 11.7 Å². The van der Waals surface area contributed by atoms with E-state index in [1.165, 1.54) is 5.56 Å². The first-order valence-electron chi connectivity index (χ1n) is 6.59. The Morgan fingerprint density at radius 2 is 2.06 bits per heavy atom. The zero-order valence-corrected chi connectivity index (χ0v) is 12.0. The Labute approximate surface area is 115 Å². The molecule has 1 saturated heterocycles. The van der Waals surface area contributed by atoms with Crippen molar-refractivity contribution in [2.24, 2.45) is 0 Å². The van der Waals surface area contributed by atoms with Crippen molar-refractivity contribution in [1.29, 1.82) is 0 Å². The second-order valence-corrected chi connectivity index (χ2v) is 5.93. The van der Waals surface area contributed by atoms with Crippen molar-refractivity contribution in [3.05, 3.63) is 35.9 Å². The lowest BCUT2D eigenvalue weighted by Crippen LogP contribution is -2.53. The van der Waals surface area contributed by atoms with E-state index in [9.17, 15) is 0 Å². The zero-order valence-electron chi connectivity index (χ0n) is 11.2. The summed E-state index contributed by atoms with van der Waals surface area (Å²) in [4.78, 5) is 2.46. The molecule has 1 atom stereocenters. The Morgan fingerprint density at radius 1 is 1.33 bits per heavy atom. The van der Waals surface area contributed by atoms with Crippen LogP contribution >= 0.6 is 11.6 Å². The minimum atomic E-state index is -0.0888. The maximum atomic E-state index is 5.94. The minimum absolute atomic E-state index is 0.0888. The van der Waals surface area contributed by atoms with Gasteiger partial charge in [0.15, 0.2) is 0 Å². The van der Waals surface area contributed by atoms with E-state index in [2.05, 4.69) is 49.1 Å². The largest absolute Gasteiger partial charge is 0.368 e. The Balaban J connectivity index is 1.89. The lowest BCUT2D eigenvalue weighted by atomic mass is 10.0. The van der Waals surface area contributed by atoms with Crippen LogP contribution < -0.4 is 0 Å². The molecule has 1 heterocycles. The molecule has 2 rings (SSSR count). The topological polar surface area (TPSA) is 12.5 Å². The van der Waals surface area contributed by atoms with Gasteiger partial charge in [0.1, 0.15) is 0 Å². The Morgan fingerprint density at radius 3 is 2.72 bits per heavy atom. The molecule has 1 unspecified atom stereocenters. The number of ether oxygens (including phenoxy) is 1. The maximum absolute atomic E-state index is 5.94. The fourth-order valence-electron chi connectivity index (χ4n) is 2.60. The van der Waals surface area contributed by atoms with Crippen molar-refractivity contribution in [3.63, 3.8) is 0 Å². The summed E-state index contributed by atoms with van der Waals surface area (Å²) < 4.78 is 5.93. The predicted molar refractivity (Wildman–Crippen MR) is 76.3 cm³/mol. The van der Waals surface area contributed by atoms with Crippen LogP contribution in [0, 0.1) is 0 Å². The first-order chi connectivity index (χ1) is 8.59. The first-order valence-corrected chi connectivity index (χ1v) is 7.12. The molecular weight excluding hydrogens is 246 g/mol. The smallest absolute Gasteiger partial charge is 0.0844 e. The number of benzene rings is 1. The van der Waals surface area contributed by atoms with Crippen molar-refractivity contribution in [1.82, 2.24) is 4.90 Å². The van der Waals surface area contributed by atoms with E-state index in [0.29, 0.717) is 5.88 Å². The summed E-state index contributed by atoms with van der Waals surface area (Å²) in [5, 5.41) is 0. The van der Waals surface area contributed by atoms with Gasteiger partial charge in [-0.3, -0.25) is 4.90 Å². The third-order valence-electron chi connectivity index (χ3n) is 3.28. The summed E-state index contributed by atoms with van der Waals surface area (Å²) in [5.74, 6) is 0.575. The van der Waals surface area contributed by atoms with Crippen molar-refractivity contribution in [2.75, 3.05) is 25.5 Å². The van der Waals surface area contributed by atoms with Gasteiger partial charge in [-0.1, -0.05) is 30.3 Å². The number of nitrogens with zero attached hydrogens (tertiary/aromatic N) is 1. The highest BCUT2D eigenvalue weighted by Crippen LogP contribution is 2.21. The van der Waals surface area contributed by atoms with Crippen LogP contribution in [0.25, 0.3) is 0 Å². The van der Waals surface area contributed by atoms with Crippen LogP contribution in [0.2, 0.25) is 0 Å². The van der Waals surface area contributed by atoms with E-state index >= 15 is 0 Å². The monoisotopic (exact) mass is 267 g/mol. The predicted octanol–water partition coefficient (Wildman–Crippen LogP) is 2.95. The summed E-state index contributed by atoms with van der Waals surface area (Å²) in [6.07, 6.45) is 1.25. The first kappa shape index (κ1) is 13.9. The molecule has 1 aromatic rings. The van der Waals surface area contributed by atoms with Gasteiger partial charge < -0.3 is 4.74 Å². The SMILES string of the molecule is CC1(C)CN(CCc2ccccc2)CC(CCl)O1. The molecule has 0 aromatic heterocycles. The standard InChI is InChI=1S/C15H22ClNO/c1-15(2)12-17(11-14(10-16)18-15)9-8-13-6-4-3-5-7-13/h3-7,14H,8-12H2,1-2H3. The second kappa shape index (κ2) is 6.05. The molecule has 0 radical (unpaired) electrons. The number of rotatable bonds is 4. The number of halogens is 1. The van der Waals surface area contributed by atoms with Crippen LogP contribution in [0.3, 0.4) is 0 Å². The van der Waals surface area contributed by atoms with Crippen molar-refractivity contribution in [3.8, 4) is 0 Å². The molecule has 2 nitrogen and oxygen atoms in total. The van der Waals surface area contributed by atoms with Gasteiger partial charge in [0.25, 0.3) is 0 Å². The zero-order chi connectivity index (χ0) is 13.0. The molecule has 0 saturated carbocycles. The number of morpholine rings is 1. The molecule has 0 bridgehead atoms. The van der Waals surface area contributed by atoms with Crippen LogP contribution in [-0.2, 0) is 11.2 Å². The summed E-state index contributed by atoms with van der Waals surface area (Å²) in [5.41, 5.74) is 1.30. The summed E-state index contributed by atoms with van der Waals surface area (Å²) in [6.45, 7) is 7.28. The Hall–Kier alpha value is -0.570. The van der Waals surface area contributed by atoms with E-state index in [0.717, 1.165) is 26.1 Å². The van der Waals surface area contributed by atoms with Crippen molar-refractivity contribution in [2.45, 2.75) is 32.0 Å². The lowest BCUT2D eigenvalue weighted by molar-refractivity contribution is -0.127. The molecule has 0 N–H and O–H groups in total. The lowest BCUT2D eigenvalue weighted by Gasteiger charge is -2.42. The van der Waals surface area contributed by atoms with Crippen molar-refractivity contribution < 1.29 is 4.74 Å². The highest BCUT2D eigenvalue weighted by Gasteiger charge is 2.32. The fourth-order valence-corrected chi connectivity index (χ4v) is 2.76. The third kappa shape index (κ3) is 3.98. The normalized spacial score (nSPS) is 24.1. The van der Waals surface area contributed by atoms with Gasteiger partial charge in [0, 0.05) is 25.5 Å². The van der Waals surface area contributed by atoms with Gasteiger partial charge in [0.2, 0.25) is 0 Å². The van der Waals surface area contributed by atoms with Gasteiger partial charge in [-0.2, -0.15) is 0 Å². The van der Waals surface area contributed by atoms with E-state index in [1.54, 1.807) is 0 Å². The van der Waals surface area contributed by atoms with Crippen LogP contribution in [0.15, 0.2) is 30.3 Å². The fraction of sp³-hybridized carbons (Fsp3) is 0.600. The van der Waals surface area contributed by atoms with E-state index in [1.807, 2.05) is 0 Å². The summed E-state index contributed by atoms with van der Waals surface area (Å²) in [7, 11) is 0. The average molecular weight is 268 g/mol. The van der Waals surface area contributed by atoms with Crippen LogP contribution in [-0.4, -0.2) is 42.1 Å². The molecule has 100 valence electrons. The van der Waals surface area contributed by atoms with Crippen molar-refractivity contribution >= 4 is 11.6 Å². The molecule has 1 aromatic carbocycles. The average Bonchev–Trinajstić information content (AvgIpc) is 2.36. The van der Waals surface area contributed by atoms with Gasteiger partial charge in [-0.15, -0.1) is 11.6 Å². The highest BCUT2D eigenvalue weighted by atomic mass is 35.5. The van der Waals surface area contributed by atoms with Crippen LogP contribution in [0.5, 0.6) is 0 Å². The number of alkyl halides is 1. The third-order valence-corrected chi connectivity index (χ3v) is 3.63. The molecule has 18 heavy (non-hydrogen) atoms. The highest BCUT2D eigenvalue weighted by molar-refractivity contribution is 6.18. The quantitative estimate of drug-likeness (QED) is 0.778. The molecule has 1 aliphatic rings. The van der Waals surface area contributed by atoms with Crippen LogP contribution in [0.4, 0.5) is 0 Å². The summed E-state index contributed by atoms with van der Waals surface area (Å²) >= 11 is 5.94. The van der Waals surface area contributed by atoms with Crippen LogP contribution in [0.1, 0.15) is 19.4 Å². The molecule has 3 heteroatoms. The maximum Gasteiger partial charge on any atom is 0.0844 e. The Bertz CT molecular complexity index is 366. The van der Waals surface area contributed by atoms with Gasteiger partial charge >= 0.3 is 0 Å². The molecule has 0 aliphatic carbocycles. The molecule has 1 fully saturated rings. The van der Waals surface area contributed by atoms with Gasteiger partial charge in [-0.25, -0.2) is 0 Å². The molecule has 0 spiro atoms. The molecule has 1 aliphatic heterocycles. The van der Waals surface area contributed by atoms with E-state index in [4.69, 9.17) is 16.3 Å². The Kier molecular flexibility index (Phi) is 4.66. The number of hydrogen-bond donors (Lipinski definition) is 0. The minimum Gasteiger partial charge on any atom is -0.368 e. The van der Waals surface area contributed by atoms with Gasteiger partial charge in [-0.05, 0) is 25.8 Å². The van der Waals surface area contributed by atoms with E-state index in [-0.39, 0.29) is 11.7 Å².